The quantitative estimate of drug-likeness (QED) is 0.732. The number of thioether (sulfide) groups is 1. The molecule has 3 nitrogen and oxygen atoms in total. The van der Waals surface area contributed by atoms with E-state index in [1.54, 1.807) is 0 Å². The van der Waals surface area contributed by atoms with Gasteiger partial charge < -0.3 is 10.2 Å². The van der Waals surface area contributed by atoms with Gasteiger partial charge in [-0.1, -0.05) is 0 Å². The molecule has 13 heavy (non-hydrogen) atoms. The molecule has 0 radical (unpaired) electrons. The highest BCUT2D eigenvalue weighted by Crippen LogP contribution is 2.32. The van der Waals surface area contributed by atoms with Crippen molar-refractivity contribution in [3.05, 3.63) is 0 Å². The van der Waals surface area contributed by atoms with Gasteiger partial charge in [-0.15, -0.1) is 11.8 Å². The minimum Gasteiger partial charge on any atom is -0.335 e. The predicted octanol–water partition coefficient (Wildman–Crippen LogP) is 1.50. The van der Waals surface area contributed by atoms with Crippen molar-refractivity contribution in [3.63, 3.8) is 0 Å². The average molecular weight is 200 g/mol. The molecular formula is C9H16N2OS. The monoisotopic (exact) mass is 200 g/mol. The Bertz CT molecular complexity index is 200. The second kappa shape index (κ2) is 3.78. The summed E-state index contributed by atoms with van der Waals surface area (Å²) in [5, 5.41) is 3.06. The van der Waals surface area contributed by atoms with Gasteiger partial charge in [0, 0.05) is 18.3 Å². The zero-order valence-electron chi connectivity index (χ0n) is 7.95. The van der Waals surface area contributed by atoms with Crippen molar-refractivity contribution in [2.75, 3.05) is 18.2 Å². The first-order valence-electron chi connectivity index (χ1n) is 4.90. The topological polar surface area (TPSA) is 32.3 Å². The smallest absolute Gasteiger partial charge is 0.318 e. The van der Waals surface area contributed by atoms with Gasteiger partial charge in [0.2, 0.25) is 0 Å². The van der Waals surface area contributed by atoms with Crippen molar-refractivity contribution in [3.8, 4) is 0 Å². The molecule has 0 aromatic carbocycles. The number of hydrogen-bond donors (Lipinski definition) is 1. The first kappa shape index (κ1) is 9.19. The Morgan fingerprint density at radius 1 is 1.62 bits per heavy atom. The summed E-state index contributed by atoms with van der Waals surface area (Å²) in [6, 6.07) is 0.502. The van der Waals surface area contributed by atoms with E-state index in [2.05, 4.69) is 12.2 Å². The molecule has 1 unspecified atom stereocenters. The molecule has 1 heterocycles. The van der Waals surface area contributed by atoms with Gasteiger partial charge in [0.05, 0.1) is 5.88 Å². The first-order chi connectivity index (χ1) is 6.27. The number of amides is 2. The Balaban J connectivity index is 1.76. The number of carbonyl (C=O) groups excluding carboxylic acids is 1. The van der Waals surface area contributed by atoms with E-state index in [4.69, 9.17) is 0 Å². The van der Waals surface area contributed by atoms with E-state index in [0.717, 1.165) is 24.1 Å². The molecule has 2 rings (SSSR count). The first-order valence-corrected chi connectivity index (χ1v) is 6.06. The molecule has 2 aliphatic rings. The van der Waals surface area contributed by atoms with Crippen LogP contribution in [-0.4, -0.2) is 35.1 Å². The lowest BCUT2D eigenvalue weighted by molar-refractivity contribution is 0.206. The average Bonchev–Trinajstić information content (AvgIpc) is 2.81. The highest BCUT2D eigenvalue weighted by molar-refractivity contribution is 7.99. The fourth-order valence-corrected chi connectivity index (χ4v) is 2.52. The maximum atomic E-state index is 11.6. The van der Waals surface area contributed by atoms with Crippen LogP contribution in [0, 0.1) is 5.92 Å². The van der Waals surface area contributed by atoms with Crippen LogP contribution in [0.5, 0.6) is 0 Å². The standard InChI is InChI=1S/C9H16N2OS/c1-7(8-2-3-8)10-9(12)11-4-5-13-6-11/h7-8H,2-6H2,1H3,(H,10,12). The zero-order valence-corrected chi connectivity index (χ0v) is 8.77. The molecule has 2 amide bonds. The molecule has 74 valence electrons. The summed E-state index contributed by atoms with van der Waals surface area (Å²) in [6.07, 6.45) is 2.58. The molecule has 1 atom stereocenters. The van der Waals surface area contributed by atoms with Crippen LogP contribution in [0.2, 0.25) is 0 Å². The van der Waals surface area contributed by atoms with E-state index in [-0.39, 0.29) is 6.03 Å². The third-order valence-electron chi connectivity index (χ3n) is 2.72. The minimum absolute atomic E-state index is 0.129. The van der Waals surface area contributed by atoms with E-state index in [1.807, 2.05) is 16.7 Å². The van der Waals surface area contributed by atoms with E-state index in [0.29, 0.717) is 6.04 Å². The van der Waals surface area contributed by atoms with Crippen LogP contribution in [0.15, 0.2) is 0 Å². The number of nitrogens with zero attached hydrogens (tertiary/aromatic N) is 1. The molecular weight excluding hydrogens is 184 g/mol. The molecule has 4 heteroatoms. The molecule has 0 spiro atoms. The predicted molar refractivity (Wildman–Crippen MR) is 54.7 cm³/mol. The number of carbonyl (C=O) groups is 1. The van der Waals surface area contributed by atoms with Crippen LogP contribution in [0.1, 0.15) is 19.8 Å². The normalized spacial score (nSPS) is 24.5. The molecule has 0 aromatic heterocycles. The van der Waals surface area contributed by atoms with Crippen LogP contribution < -0.4 is 5.32 Å². The lowest BCUT2D eigenvalue weighted by Gasteiger charge is -2.19. The fourth-order valence-electron chi connectivity index (χ4n) is 1.57. The third kappa shape index (κ3) is 2.30. The van der Waals surface area contributed by atoms with Crippen LogP contribution in [0.3, 0.4) is 0 Å². The van der Waals surface area contributed by atoms with Crippen molar-refractivity contribution in [2.24, 2.45) is 5.92 Å². The van der Waals surface area contributed by atoms with Crippen molar-refractivity contribution in [1.29, 1.82) is 0 Å². The summed E-state index contributed by atoms with van der Waals surface area (Å²) in [5.41, 5.74) is 0. The van der Waals surface area contributed by atoms with E-state index < -0.39 is 0 Å². The Morgan fingerprint density at radius 2 is 2.38 bits per heavy atom. The highest BCUT2D eigenvalue weighted by atomic mass is 32.2. The van der Waals surface area contributed by atoms with Gasteiger partial charge in [-0.05, 0) is 25.7 Å². The van der Waals surface area contributed by atoms with Gasteiger partial charge in [0.1, 0.15) is 0 Å². The maximum absolute atomic E-state index is 11.6. The van der Waals surface area contributed by atoms with Crippen LogP contribution in [-0.2, 0) is 0 Å². The lowest BCUT2D eigenvalue weighted by Crippen LogP contribution is -2.43. The fraction of sp³-hybridized carbons (Fsp3) is 0.889. The zero-order chi connectivity index (χ0) is 9.26. The third-order valence-corrected chi connectivity index (χ3v) is 3.69. The molecule has 2 fully saturated rings. The Kier molecular flexibility index (Phi) is 2.67. The Hall–Kier alpha value is -0.380. The summed E-state index contributed by atoms with van der Waals surface area (Å²) >= 11 is 1.83. The second-order valence-corrected chi connectivity index (χ2v) is 4.95. The Labute approximate surface area is 83.2 Å². The molecule has 1 N–H and O–H groups in total. The van der Waals surface area contributed by atoms with Gasteiger partial charge in [-0.25, -0.2) is 4.79 Å². The molecule has 0 bridgehead atoms. The largest absolute Gasteiger partial charge is 0.335 e. The van der Waals surface area contributed by atoms with Gasteiger partial charge in [0.25, 0.3) is 0 Å². The molecule has 1 saturated heterocycles. The molecule has 1 aliphatic carbocycles. The van der Waals surface area contributed by atoms with E-state index in [9.17, 15) is 4.79 Å². The van der Waals surface area contributed by atoms with Crippen molar-refractivity contribution < 1.29 is 4.79 Å². The van der Waals surface area contributed by atoms with Gasteiger partial charge in [0.15, 0.2) is 0 Å². The van der Waals surface area contributed by atoms with Crippen LogP contribution >= 0.6 is 11.8 Å². The van der Waals surface area contributed by atoms with E-state index >= 15 is 0 Å². The summed E-state index contributed by atoms with van der Waals surface area (Å²) in [4.78, 5) is 13.5. The van der Waals surface area contributed by atoms with E-state index in [1.165, 1.54) is 12.8 Å². The van der Waals surface area contributed by atoms with Crippen molar-refractivity contribution in [2.45, 2.75) is 25.8 Å². The summed E-state index contributed by atoms with van der Waals surface area (Å²) < 4.78 is 0. The van der Waals surface area contributed by atoms with Crippen molar-refractivity contribution >= 4 is 17.8 Å². The van der Waals surface area contributed by atoms with Crippen LogP contribution in [0.25, 0.3) is 0 Å². The van der Waals surface area contributed by atoms with Gasteiger partial charge >= 0.3 is 6.03 Å². The molecule has 0 aromatic rings. The van der Waals surface area contributed by atoms with Crippen molar-refractivity contribution in [1.82, 2.24) is 10.2 Å². The number of rotatable bonds is 2. The number of hydrogen-bond acceptors (Lipinski definition) is 2. The minimum atomic E-state index is 0.129. The molecule has 1 saturated carbocycles. The number of urea groups is 1. The van der Waals surface area contributed by atoms with Gasteiger partial charge in [-0.2, -0.15) is 0 Å². The lowest BCUT2D eigenvalue weighted by atomic mass is 10.2. The number of nitrogens with one attached hydrogen (secondary N) is 1. The summed E-state index contributed by atoms with van der Waals surface area (Å²) in [6.45, 7) is 3.02. The maximum Gasteiger partial charge on any atom is 0.318 e. The second-order valence-electron chi connectivity index (χ2n) is 3.88. The summed E-state index contributed by atoms with van der Waals surface area (Å²) in [5.74, 6) is 2.70. The Morgan fingerprint density at radius 3 is 2.92 bits per heavy atom. The van der Waals surface area contributed by atoms with Crippen LogP contribution in [0.4, 0.5) is 4.79 Å². The summed E-state index contributed by atoms with van der Waals surface area (Å²) in [7, 11) is 0. The highest BCUT2D eigenvalue weighted by Gasteiger charge is 2.30. The molecule has 1 aliphatic heterocycles. The van der Waals surface area contributed by atoms with Gasteiger partial charge in [-0.3, -0.25) is 0 Å². The SMILES string of the molecule is CC(NC(=O)N1CCSC1)C1CC1.